The third-order valence-electron chi connectivity index (χ3n) is 3.69. The summed E-state index contributed by atoms with van der Waals surface area (Å²) in [6.45, 7) is 7.55. The molecule has 8 heteroatoms. The number of nitrogens with one attached hydrogen (secondary N) is 1. The molecule has 0 spiro atoms. The van der Waals surface area contributed by atoms with Crippen LogP contribution in [0, 0.1) is 0 Å². The molecule has 2 aromatic heterocycles. The molecule has 1 N–H and O–H groups in total. The summed E-state index contributed by atoms with van der Waals surface area (Å²) >= 11 is 1.33. The monoisotopic (exact) mass is 347 g/mol. The molecular formula is C16H21N5O2S. The summed E-state index contributed by atoms with van der Waals surface area (Å²) in [5.74, 6) is 0.983. The third kappa shape index (κ3) is 4.07. The van der Waals surface area contributed by atoms with Gasteiger partial charge in [-0.1, -0.05) is 31.3 Å². The Bertz CT molecular complexity index is 697. The lowest BCUT2D eigenvalue weighted by Crippen LogP contribution is -2.37. The molecular weight excluding hydrogens is 326 g/mol. The van der Waals surface area contributed by atoms with E-state index in [4.69, 9.17) is 4.74 Å². The van der Waals surface area contributed by atoms with Gasteiger partial charge in [0.15, 0.2) is 0 Å². The molecule has 2 aromatic rings. The van der Waals surface area contributed by atoms with E-state index in [0.717, 1.165) is 42.8 Å². The minimum Gasteiger partial charge on any atom is -0.378 e. The van der Waals surface area contributed by atoms with Crippen molar-refractivity contribution in [1.82, 2.24) is 20.5 Å². The van der Waals surface area contributed by atoms with Gasteiger partial charge in [-0.3, -0.25) is 4.79 Å². The summed E-state index contributed by atoms with van der Waals surface area (Å²) in [5, 5.41) is 12.1. The average molecular weight is 347 g/mol. The Morgan fingerprint density at radius 2 is 2.12 bits per heavy atom. The lowest BCUT2D eigenvalue weighted by Gasteiger charge is -2.28. The average Bonchev–Trinajstić information content (AvgIpc) is 3.11. The van der Waals surface area contributed by atoms with E-state index in [1.54, 1.807) is 0 Å². The summed E-state index contributed by atoms with van der Waals surface area (Å²) in [7, 11) is 0. The second kappa shape index (κ2) is 7.67. The molecule has 0 unspecified atom stereocenters. The van der Waals surface area contributed by atoms with E-state index in [1.807, 2.05) is 32.0 Å². The molecule has 1 aliphatic heterocycles. The van der Waals surface area contributed by atoms with Gasteiger partial charge >= 0.3 is 0 Å². The van der Waals surface area contributed by atoms with Crippen LogP contribution in [0.15, 0.2) is 18.2 Å². The van der Waals surface area contributed by atoms with Gasteiger partial charge in [0.2, 0.25) is 5.01 Å². The van der Waals surface area contributed by atoms with Gasteiger partial charge in [-0.25, -0.2) is 4.98 Å². The number of ether oxygens (including phenoxy) is 1. The quantitative estimate of drug-likeness (QED) is 0.889. The third-order valence-corrected chi connectivity index (χ3v) is 4.91. The van der Waals surface area contributed by atoms with E-state index in [9.17, 15) is 4.79 Å². The van der Waals surface area contributed by atoms with Crippen LogP contribution in [0.3, 0.4) is 0 Å². The van der Waals surface area contributed by atoms with Crippen LogP contribution in [0.1, 0.15) is 40.3 Å². The highest BCUT2D eigenvalue weighted by molar-refractivity contribution is 7.13. The zero-order valence-corrected chi connectivity index (χ0v) is 14.7. The van der Waals surface area contributed by atoms with Crippen molar-refractivity contribution < 1.29 is 9.53 Å². The summed E-state index contributed by atoms with van der Waals surface area (Å²) in [6.07, 6.45) is 0. The molecule has 0 saturated carbocycles. The molecule has 3 rings (SSSR count). The van der Waals surface area contributed by atoms with Gasteiger partial charge in [-0.2, -0.15) is 0 Å². The first-order valence-electron chi connectivity index (χ1n) is 8.03. The predicted molar refractivity (Wildman–Crippen MR) is 92.4 cm³/mol. The largest absolute Gasteiger partial charge is 0.378 e. The first kappa shape index (κ1) is 16.8. The number of morpholine rings is 1. The molecule has 7 nitrogen and oxygen atoms in total. The van der Waals surface area contributed by atoms with Crippen LogP contribution in [0.2, 0.25) is 0 Å². The van der Waals surface area contributed by atoms with Crippen LogP contribution in [-0.2, 0) is 11.3 Å². The molecule has 0 atom stereocenters. The van der Waals surface area contributed by atoms with E-state index in [2.05, 4.69) is 25.4 Å². The van der Waals surface area contributed by atoms with Gasteiger partial charge in [0.25, 0.3) is 5.91 Å². The molecule has 1 amide bonds. The van der Waals surface area contributed by atoms with Crippen molar-refractivity contribution >= 4 is 23.1 Å². The molecule has 1 aliphatic rings. The van der Waals surface area contributed by atoms with Crippen molar-refractivity contribution in [2.75, 3.05) is 31.2 Å². The highest BCUT2D eigenvalue weighted by Gasteiger charge is 2.15. The van der Waals surface area contributed by atoms with E-state index in [1.165, 1.54) is 11.3 Å². The Balaban J connectivity index is 1.60. The maximum atomic E-state index is 12.2. The number of nitrogens with zero attached hydrogens (tertiary/aromatic N) is 4. The minimum absolute atomic E-state index is 0.210. The smallest absolute Gasteiger partial charge is 0.282 e. The molecule has 0 aliphatic carbocycles. The number of carbonyl (C=O) groups excluding carboxylic acids is 1. The van der Waals surface area contributed by atoms with Crippen molar-refractivity contribution in [3.63, 3.8) is 0 Å². The fraction of sp³-hybridized carbons (Fsp3) is 0.500. The SMILES string of the molecule is CC(C)c1nnc(C(=O)NCc2cccc(N3CCOCC3)n2)s1. The standard InChI is InChI=1S/C16H21N5O2S/c1-11(2)15-19-20-16(24-15)14(22)17-10-12-4-3-5-13(18-12)21-6-8-23-9-7-21/h3-5,11H,6-10H2,1-2H3,(H,17,22). The minimum atomic E-state index is -0.210. The van der Waals surface area contributed by atoms with E-state index in [0.29, 0.717) is 11.6 Å². The molecule has 3 heterocycles. The maximum absolute atomic E-state index is 12.2. The van der Waals surface area contributed by atoms with Crippen molar-refractivity contribution in [2.24, 2.45) is 0 Å². The van der Waals surface area contributed by atoms with E-state index in [-0.39, 0.29) is 11.8 Å². The van der Waals surface area contributed by atoms with Gasteiger partial charge in [0, 0.05) is 19.0 Å². The Morgan fingerprint density at radius 3 is 2.83 bits per heavy atom. The lowest BCUT2D eigenvalue weighted by molar-refractivity contribution is 0.0949. The highest BCUT2D eigenvalue weighted by atomic mass is 32.1. The van der Waals surface area contributed by atoms with E-state index >= 15 is 0 Å². The summed E-state index contributed by atoms with van der Waals surface area (Å²) < 4.78 is 5.36. The number of amides is 1. The Labute approximate surface area is 145 Å². The molecule has 0 aromatic carbocycles. The molecule has 0 radical (unpaired) electrons. The summed E-state index contributed by atoms with van der Waals surface area (Å²) in [5.41, 5.74) is 0.820. The number of anilines is 1. The first-order valence-corrected chi connectivity index (χ1v) is 8.85. The lowest BCUT2D eigenvalue weighted by atomic mass is 10.2. The van der Waals surface area contributed by atoms with Crippen molar-refractivity contribution in [2.45, 2.75) is 26.3 Å². The van der Waals surface area contributed by atoms with Gasteiger partial charge in [-0.15, -0.1) is 10.2 Å². The van der Waals surface area contributed by atoms with Gasteiger partial charge in [0.1, 0.15) is 10.8 Å². The molecule has 0 bridgehead atoms. The van der Waals surface area contributed by atoms with Crippen LogP contribution in [0.25, 0.3) is 0 Å². The number of pyridine rings is 1. The second-order valence-electron chi connectivity index (χ2n) is 5.87. The Kier molecular flexibility index (Phi) is 5.37. The second-order valence-corrected chi connectivity index (χ2v) is 6.88. The van der Waals surface area contributed by atoms with Crippen LogP contribution < -0.4 is 10.2 Å². The van der Waals surface area contributed by atoms with Gasteiger partial charge in [0.05, 0.1) is 25.5 Å². The van der Waals surface area contributed by atoms with Crippen molar-refractivity contribution in [3.8, 4) is 0 Å². The van der Waals surface area contributed by atoms with Crippen LogP contribution in [0.5, 0.6) is 0 Å². The van der Waals surface area contributed by atoms with Crippen molar-refractivity contribution in [3.05, 3.63) is 33.9 Å². The molecule has 1 saturated heterocycles. The van der Waals surface area contributed by atoms with Gasteiger partial charge < -0.3 is 15.0 Å². The summed E-state index contributed by atoms with van der Waals surface area (Å²) in [6, 6.07) is 5.85. The maximum Gasteiger partial charge on any atom is 0.282 e. The van der Waals surface area contributed by atoms with Crippen LogP contribution >= 0.6 is 11.3 Å². The molecule has 1 fully saturated rings. The van der Waals surface area contributed by atoms with Crippen molar-refractivity contribution in [1.29, 1.82) is 0 Å². The zero-order valence-electron chi connectivity index (χ0n) is 13.9. The highest BCUT2D eigenvalue weighted by Crippen LogP contribution is 2.19. The number of hydrogen-bond acceptors (Lipinski definition) is 7. The number of aromatic nitrogens is 3. The predicted octanol–water partition coefficient (Wildman–Crippen LogP) is 1.82. The zero-order chi connectivity index (χ0) is 16.9. The number of hydrogen-bond donors (Lipinski definition) is 1. The van der Waals surface area contributed by atoms with E-state index < -0.39 is 0 Å². The Morgan fingerprint density at radius 1 is 1.33 bits per heavy atom. The van der Waals surface area contributed by atoms with Crippen LogP contribution in [0.4, 0.5) is 5.82 Å². The fourth-order valence-electron chi connectivity index (χ4n) is 2.34. The number of carbonyl (C=O) groups is 1. The van der Waals surface area contributed by atoms with Gasteiger partial charge in [-0.05, 0) is 12.1 Å². The normalized spacial score (nSPS) is 14.9. The summed E-state index contributed by atoms with van der Waals surface area (Å²) in [4.78, 5) is 19.0. The molecule has 128 valence electrons. The number of rotatable bonds is 5. The topological polar surface area (TPSA) is 80.2 Å². The fourth-order valence-corrected chi connectivity index (χ4v) is 3.10. The van der Waals surface area contributed by atoms with Crippen LogP contribution in [-0.4, -0.2) is 47.4 Å². The Hall–Kier alpha value is -2.06. The first-order chi connectivity index (χ1) is 11.6. The molecule has 24 heavy (non-hydrogen) atoms.